The second-order valence-electron chi connectivity index (χ2n) is 4.08. The summed E-state index contributed by atoms with van der Waals surface area (Å²) in [5, 5.41) is 3.35. The van der Waals surface area contributed by atoms with Crippen LogP contribution in [0.3, 0.4) is 0 Å². The van der Waals surface area contributed by atoms with E-state index in [0.29, 0.717) is 5.92 Å². The summed E-state index contributed by atoms with van der Waals surface area (Å²) in [5.74, 6) is 1.71. The van der Waals surface area contributed by atoms with Gasteiger partial charge in [-0.15, -0.1) is 0 Å². The molecule has 1 aromatic rings. The third-order valence-electron chi connectivity index (χ3n) is 2.77. The highest BCUT2D eigenvalue weighted by Gasteiger charge is 2.15. The Balaban J connectivity index is 1.92. The molecule has 0 amide bonds. The van der Waals surface area contributed by atoms with Crippen molar-refractivity contribution in [2.45, 2.75) is 13.3 Å². The Morgan fingerprint density at radius 2 is 2.40 bits per heavy atom. The molecule has 1 heterocycles. The molecule has 0 spiro atoms. The maximum Gasteiger partial charge on any atom is 0.122 e. The Morgan fingerprint density at radius 1 is 1.53 bits per heavy atom. The molecule has 0 aromatic heterocycles. The highest BCUT2D eigenvalue weighted by molar-refractivity contribution is 14.1. The minimum Gasteiger partial charge on any atom is -0.493 e. The van der Waals surface area contributed by atoms with Crippen molar-refractivity contribution >= 4 is 22.6 Å². The van der Waals surface area contributed by atoms with Gasteiger partial charge < -0.3 is 10.1 Å². The molecule has 15 heavy (non-hydrogen) atoms. The van der Waals surface area contributed by atoms with E-state index in [1.165, 1.54) is 15.6 Å². The van der Waals surface area contributed by atoms with Crippen LogP contribution in [0.4, 0.5) is 0 Å². The van der Waals surface area contributed by atoms with Crippen LogP contribution in [0.25, 0.3) is 0 Å². The summed E-state index contributed by atoms with van der Waals surface area (Å²) in [7, 11) is 0. The lowest BCUT2D eigenvalue weighted by Gasteiger charge is -2.12. The van der Waals surface area contributed by atoms with Gasteiger partial charge in [0.15, 0.2) is 0 Å². The summed E-state index contributed by atoms with van der Waals surface area (Å²) < 4.78 is 7.10. The van der Waals surface area contributed by atoms with Crippen LogP contribution in [0.15, 0.2) is 18.2 Å². The zero-order valence-corrected chi connectivity index (χ0v) is 11.1. The van der Waals surface area contributed by atoms with Crippen molar-refractivity contribution in [1.29, 1.82) is 0 Å². The largest absolute Gasteiger partial charge is 0.493 e. The van der Waals surface area contributed by atoms with Gasteiger partial charge in [0.1, 0.15) is 5.75 Å². The van der Waals surface area contributed by atoms with Crippen molar-refractivity contribution in [2.75, 3.05) is 19.7 Å². The van der Waals surface area contributed by atoms with E-state index in [9.17, 15) is 0 Å². The molecule has 1 aromatic carbocycles. The predicted octanol–water partition coefficient (Wildman–Crippen LogP) is 2.59. The maximum absolute atomic E-state index is 5.83. The van der Waals surface area contributed by atoms with Crippen molar-refractivity contribution in [1.82, 2.24) is 5.32 Å². The van der Waals surface area contributed by atoms with E-state index >= 15 is 0 Å². The molecule has 82 valence electrons. The fourth-order valence-corrected chi connectivity index (χ4v) is 2.49. The van der Waals surface area contributed by atoms with Gasteiger partial charge in [-0.05, 0) is 66.2 Å². The first-order valence-electron chi connectivity index (χ1n) is 5.35. The van der Waals surface area contributed by atoms with Gasteiger partial charge in [-0.3, -0.25) is 0 Å². The highest BCUT2D eigenvalue weighted by Crippen LogP contribution is 2.21. The molecule has 3 heteroatoms. The number of nitrogens with one attached hydrogen (secondary N) is 1. The highest BCUT2D eigenvalue weighted by atomic mass is 127. The van der Waals surface area contributed by atoms with Crippen molar-refractivity contribution < 1.29 is 4.74 Å². The molecule has 1 aliphatic heterocycles. The molecule has 1 N–H and O–H groups in total. The molecule has 2 nitrogen and oxygen atoms in total. The Bertz CT molecular complexity index is 334. The average Bonchev–Trinajstić information content (AvgIpc) is 2.69. The molecule has 0 aliphatic carbocycles. The van der Waals surface area contributed by atoms with Crippen LogP contribution in [-0.4, -0.2) is 19.7 Å². The van der Waals surface area contributed by atoms with Gasteiger partial charge in [0.2, 0.25) is 0 Å². The molecule has 1 fully saturated rings. The minimum atomic E-state index is 0.684. The van der Waals surface area contributed by atoms with E-state index in [1.807, 2.05) is 0 Å². The summed E-state index contributed by atoms with van der Waals surface area (Å²) >= 11 is 2.32. The second kappa shape index (κ2) is 5.16. The zero-order valence-electron chi connectivity index (χ0n) is 8.92. The normalized spacial score (nSPS) is 20.5. The fraction of sp³-hybridized carbons (Fsp3) is 0.500. The molecule has 0 saturated carbocycles. The van der Waals surface area contributed by atoms with Crippen molar-refractivity contribution in [3.05, 3.63) is 27.3 Å². The average molecular weight is 317 g/mol. The number of ether oxygens (including phenoxy) is 1. The monoisotopic (exact) mass is 317 g/mol. The van der Waals surface area contributed by atoms with Gasteiger partial charge in [-0.25, -0.2) is 0 Å². The third-order valence-corrected chi connectivity index (χ3v) is 3.44. The molecule has 2 rings (SSSR count). The van der Waals surface area contributed by atoms with E-state index in [2.05, 4.69) is 53.0 Å². The summed E-state index contributed by atoms with van der Waals surface area (Å²) in [6, 6.07) is 6.32. The van der Waals surface area contributed by atoms with Gasteiger partial charge in [0, 0.05) is 16.0 Å². The Hall–Kier alpha value is -0.290. The van der Waals surface area contributed by atoms with E-state index in [4.69, 9.17) is 4.74 Å². The molecule has 1 unspecified atom stereocenters. The number of hydrogen-bond acceptors (Lipinski definition) is 2. The van der Waals surface area contributed by atoms with E-state index in [0.717, 1.165) is 25.4 Å². The molecule has 0 bridgehead atoms. The SMILES string of the molecule is Cc1cc(I)ccc1OCC1CCNC1. The van der Waals surface area contributed by atoms with E-state index < -0.39 is 0 Å². The first-order chi connectivity index (χ1) is 7.25. The standard InChI is InChI=1S/C12H16INO/c1-9-6-11(13)2-3-12(9)15-8-10-4-5-14-7-10/h2-3,6,10,14H,4-5,7-8H2,1H3. The summed E-state index contributed by atoms with van der Waals surface area (Å²) in [4.78, 5) is 0. The van der Waals surface area contributed by atoms with Gasteiger partial charge in [-0.1, -0.05) is 0 Å². The predicted molar refractivity (Wildman–Crippen MR) is 70.4 cm³/mol. The lowest BCUT2D eigenvalue weighted by molar-refractivity contribution is 0.258. The first-order valence-corrected chi connectivity index (χ1v) is 6.43. The Morgan fingerprint density at radius 3 is 3.07 bits per heavy atom. The second-order valence-corrected chi connectivity index (χ2v) is 5.33. The van der Waals surface area contributed by atoms with Gasteiger partial charge in [0.05, 0.1) is 6.61 Å². The number of aryl methyl sites for hydroxylation is 1. The summed E-state index contributed by atoms with van der Waals surface area (Å²) in [6.07, 6.45) is 1.24. The molecular weight excluding hydrogens is 301 g/mol. The molecular formula is C12H16INO. The quantitative estimate of drug-likeness (QED) is 0.865. The third kappa shape index (κ3) is 3.08. The van der Waals surface area contributed by atoms with Crippen molar-refractivity contribution in [3.8, 4) is 5.75 Å². The lowest BCUT2D eigenvalue weighted by atomic mass is 10.1. The topological polar surface area (TPSA) is 21.3 Å². The summed E-state index contributed by atoms with van der Waals surface area (Å²) in [6.45, 7) is 5.18. The number of benzene rings is 1. The van der Waals surface area contributed by atoms with Crippen molar-refractivity contribution in [3.63, 3.8) is 0 Å². The molecule has 0 radical (unpaired) electrons. The number of rotatable bonds is 3. The maximum atomic E-state index is 5.83. The lowest BCUT2D eigenvalue weighted by Crippen LogP contribution is -2.15. The Kier molecular flexibility index (Phi) is 3.86. The van der Waals surface area contributed by atoms with Crippen LogP contribution in [0.2, 0.25) is 0 Å². The minimum absolute atomic E-state index is 0.684. The van der Waals surface area contributed by atoms with Crippen LogP contribution < -0.4 is 10.1 Å². The van der Waals surface area contributed by atoms with E-state index in [-0.39, 0.29) is 0 Å². The van der Waals surface area contributed by atoms with Crippen LogP contribution in [0.5, 0.6) is 5.75 Å². The zero-order chi connectivity index (χ0) is 10.7. The molecule has 1 aliphatic rings. The van der Waals surface area contributed by atoms with E-state index in [1.54, 1.807) is 0 Å². The van der Waals surface area contributed by atoms with Crippen LogP contribution in [-0.2, 0) is 0 Å². The number of halogens is 1. The van der Waals surface area contributed by atoms with Gasteiger partial charge in [-0.2, -0.15) is 0 Å². The summed E-state index contributed by atoms with van der Waals surface area (Å²) in [5.41, 5.74) is 1.23. The smallest absolute Gasteiger partial charge is 0.122 e. The van der Waals surface area contributed by atoms with Gasteiger partial charge in [0.25, 0.3) is 0 Å². The van der Waals surface area contributed by atoms with Crippen molar-refractivity contribution in [2.24, 2.45) is 5.92 Å². The molecule has 1 atom stereocenters. The van der Waals surface area contributed by atoms with Crippen LogP contribution in [0.1, 0.15) is 12.0 Å². The fourth-order valence-electron chi connectivity index (χ4n) is 1.84. The van der Waals surface area contributed by atoms with Gasteiger partial charge >= 0.3 is 0 Å². The van der Waals surface area contributed by atoms with Crippen LogP contribution in [0, 0.1) is 16.4 Å². The Labute approximate surface area is 105 Å². The van der Waals surface area contributed by atoms with Crippen LogP contribution >= 0.6 is 22.6 Å². The first kappa shape index (κ1) is 11.2. The molecule has 1 saturated heterocycles. The number of hydrogen-bond donors (Lipinski definition) is 1.